The average Bonchev–Trinajstić information content (AvgIpc) is 3.14. The van der Waals surface area contributed by atoms with E-state index in [-0.39, 0.29) is 29.8 Å². The second-order valence-electron chi connectivity index (χ2n) is 10.1. The molecule has 4 rings (SSSR count). The number of ketones is 1. The molecule has 1 fully saturated rings. The monoisotopic (exact) mass is 514 g/mol. The quantitative estimate of drug-likeness (QED) is 0.615. The third-order valence-electron chi connectivity index (χ3n) is 7.16. The number of fused-ring (bicyclic) bond motifs is 1. The van der Waals surface area contributed by atoms with Gasteiger partial charge in [0.25, 0.3) is 11.8 Å². The number of nitrogens with zero attached hydrogens (tertiary/aromatic N) is 3. The molecule has 0 aliphatic carbocycles. The minimum Gasteiger partial charge on any atom is -0.381 e. The SMILES string of the molecule is CC1Nc2cc(Cl)c(C(=O)N3C[C@H](C)N(Cc4ccc(F)cc4)C[C@H]3C)cc2C1C(=O)C(=O)N(C)C. The largest absolute Gasteiger partial charge is 0.381 e. The first-order chi connectivity index (χ1) is 17.0. The summed E-state index contributed by atoms with van der Waals surface area (Å²) in [5, 5.41) is 3.53. The molecule has 36 heavy (non-hydrogen) atoms. The molecule has 2 amide bonds. The standard InChI is InChI=1S/C27H32ClFN4O3/c1-15-13-33(16(2)12-32(15)14-18-6-8-19(29)9-7-18)26(35)20-10-21-23(11-22(20)28)30-17(3)24(21)25(34)27(36)31(4)5/h6-11,15-17,24,30H,12-14H2,1-5H3/t15-,16+,17?,24?/m0/s1. The lowest BCUT2D eigenvalue weighted by Gasteiger charge is -2.44. The first-order valence-electron chi connectivity index (χ1n) is 12.1. The van der Waals surface area contributed by atoms with E-state index in [1.54, 1.807) is 38.4 Å². The lowest BCUT2D eigenvalue weighted by atomic mass is 9.89. The smallest absolute Gasteiger partial charge is 0.290 e. The highest BCUT2D eigenvalue weighted by Gasteiger charge is 2.40. The highest BCUT2D eigenvalue weighted by molar-refractivity contribution is 6.39. The van der Waals surface area contributed by atoms with E-state index in [1.165, 1.54) is 17.0 Å². The summed E-state index contributed by atoms with van der Waals surface area (Å²) >= 11 is 6.55. The molecule has 2 unspecified atom stereocenters. The van der Waals surface area contributed by atoms with Crippen molar-refractivity contribution in [1.82, 2.24) is 14.7 Å². The predicted molar refractivity (Wildman–Crippen MR) is 138 cm³/mol. The number of likely N-dealkylation sites (N-methyl/N-ethyl adjacent to an activating group) is 1. The maximum atomic E-state index is 13.7. The Labute approximate surface area is 216 Å². The van der Waals surface area contributed by atoms with Gasteiger partial charge < -0.3 is 15.1 Å². The van der Waals surface area contributed by atoms with Crippen LogP contribution < -0.4 is 5.32 Å². The summed E-state index contributed by atoms with van der Waals surface area (Å²) in [5.74, 6) is -2.25. The number of Topliss-reactive ketones (excluding diaryl/α,β-unsaturated/α-hetero) is 1. The van der Waals surface area contributed by atoms with Gasteiger partial charge in [0.15, 0.2) is 0 Å². The Balaban J connectivity index is 1.55. The lowest BCUT2D eigenvalue weighted by molar-refractivity contribution is -0.143. The fourth-order valence-electron chi connectivity index (χ4n) is 5.14. The van der Waals surface area contributed by atoms with Crippen LogP contribution in [0.25, 0.3) is 0 Å². The first kappa shape index (κ1) is 26.1. The Morgan fingerprint density at radius 2 is 1.72 bits per heavy atom. The van der Waals surface area contributed by atoms with Gasteiger partial charge in [-0.25, -0.2) is 4.39 Å². The molecule has 7 nitrogen and oxygen atoms in total. The Kier molecular flexibility index (Phi) is 7.38. The molecule has 2 aromatic carbocycles. The zero-order valence-corrected chi connectivity index (χ0v) is 22.0. The summed E-state index contributed by atoms with van der Waals surface area (Å²) in [6.07, 6.45) is 0. The van der Waals surface area contributed by atoms with Gasteiger partial charge in [-0.3, -0.25) is 19.3 Å². The molecule has 0 saturated carbocycles. The number of hydrogen-bond acceptors (Lipinski definition) is 5. The summed E-state index contributed by atoms with van der Waals surface area (Å²) in [6.45, 7) is 7.72. The number of benzene rings is 2. The van der Waals surface area contributed by atoms with Crippen molar-refractivity contribution in [2.45, 2.75) is 51.4 Å². The van der Waals surface area contributed by atoms with Gasteiger partial charge in [0.1, 0.15) is 5.82 Å². The molecule has 1 saturated heterocycles. The second kappa shape index (κ2) is 10.2. The molecule has 192 valence electrons. The maximum absolute atomic E-state index is 13.7. The van der Waals surface area contributed by atoms with Gasteiger partial charge in [0.05, 0.1) is 16.5 Å². The summed E-state index contributed by atoms with van der Waals surface area (Å²) in [5.41, 5.74) is 2.62. The number of anilines is 1. The minimum absolute atomic E-state index is 0.0803. The van der Waals surface area contributed by atoms with Gasteiger partial charge in [-0.2, -0.15) is 0 Å². The van der Waals surface area contributed by atoms with Crippen LogP contribution >= 0.6 is 11.6 Å². The normalized spacial score (nSPS) is 23.7. The lowest BCUT2D eigenvalue weighted by Crippen LogP contribution is -2.57. The van der Waals surface area contributed by atoms with Crippen LogP contribution in [0.3, 0.4) is 0 Å². The summed E-state index contributed by atoms with van der Waals surface area (Å²) in [7, 11) is 3.09. The first-order valence-corrected chi connectivity index (χ1v) is 12.5. The van der Waals surface area contributed by atoms with Crippen molar-refractivity contribution in [3.05, 3.63) is 63.9 Å². The van der Waals surface area contributed by atoms with Crippen LogP contribution in [-0.2, 0) is 16.1 Å². The number of nitrogens with one attached hydrogen (secondary N) is 1. The average molecular weight is 515 g/mol. The molecule has 9 heteroatoms. The molecule has 0 spiro atoms. The van der Waals surface area contributed by atoms with Crippen molar-refractivity contribution < 1.29 is 18.8 Å². The van der Waals surface area contributed by atoms with Crippen LogP contribution in [0, 0.1) is 5.82 Å². The van der Waals surface area contributed by atoms with Crippen molar-refractivity contribution in [3.63, 3.8) is 0 Å². The Hall–Kier alpha value is -2.97. The van der Waals surface area contributed by atoms with Crippen molar-refractivity contribution in [2.75, 3.05) is 32.5 Å². The number of piperazine rings is 1. The van der Waals surface area contributed by atoms with Gasteiger partial charge in [0, 0.05) is 57.5 Å². The maximum Gasteiger partial charge on any atom is 0.290 e. The van der Waals surface area contributed by atoms with Gasteiger partial charge in [0.2, 0.25) is 5.78 Å². The van der Waals surface area contributed by atoms with Crippen molar-refractivity contribution >= 4 is 34.9 Å². The van der Waals surface area contributed by atoms with E-state index >= 15 is 0 Å². The number of carbonyl (C=O) groups excluding carboxylic acids is 3. The molecule has 4 atom stereocenters. The molecule has 0 aromatic heterocycles. The number of hydrogen-bond donors (Lipinski definition) is 1. The van der Waals surface area contributed by atoms with Crippen LogP contribution in [0.5, 0.6) is 0 Å². The van der Waals surface area contributed by atoms with Gasteiger partial charge in [-0.1, -0.05) is 23.7 Å². The number of amides is 2. The third-order valence-corrected chi connectivity index (χ3v) is 7.47. The molecule has 2 heterocycles. The fraction of sp³-hybridized carbons (Fsp3) is 0.444. The molecular weight excluding hydrogens is 483 g/mol. The highest BCUT2D eigenvalue weighted by Crippen LogP contribution is 2.40. The van der Waals surface area contributed by atoms with E-state index in [2.05, 4.69) is 17.1 Å². The van der Waals surface area contributed by atoms with E-state index in [4.69, 9.17) is 11.6 Å². The van der Waals surface area contributed by atoms with Crippen molar-refractivity contribution in [1.29, 1.82) is 0 Å². The number of carbonyl (C=O) groups is 3. The van der Waals surface area contributed by atoms with Crippen LogP contribution in [-0.4, -0.2) is 77.6 Å². The summed E-state index contributed by atoms with van der Waals surface area (Å²) in [6, 6.07) is 9.52. The van der Waals surface area contributed by atoms with Crippen LogP contribution in [0.1, 0.15) is 48.2 Å². The van der Waals surface area contributed by atoms with E-state index in [0.29, 0.717) is 41.5 Å². The van der Waals surface area contributed by atoms with E-state index < -0.39 is 17.6 Å². The Bertz CT molecular complexity index is 1190. The van der Waals surface area contributed by atoms with E-state index in [0.717, 1.165) is 5.56 Å². The van der Waals surface area contributed by atoms with Crippen molar-refractivity contribution in [3.8, 4) is 0 Å². The minimum atomic E-state index is -0.692. The molecule has 2 aliphatic heterocycles. The second-order valence-corrected chi connectivity index (χ2v) is 10.5. The van der Waals surface area contributed by atoms with E-state index in [9.17, 15) is 18.8 Å². The number of rotatable bonds is 5. The molecule has 0 radical (unpaired) electrons. The zero-order chi connectivity index (χ0) is 26.3. The highest BCUT2D eigenvalue weighted by atomic mass is 35.5. The molecule has 0 bridgehead atoms. The summed E-state index contributed by atoms with van der Waals surface area (Å²) in [4.78, 5) is 44.4. The zero-order valence-electron chi connectivity index (χ0n) is 21.2. The Morgan fingerprint density at radius 1 is 1.06 bits per heavy atom. The topological polar surface area (TPSA) is 73.0 Å². The third kappa shape index (κ3) is 4.97. The van der Waals surface area contributed by atoms with Crippen LogP contribution in [0.2, 0.25) is 5.02 Å². The van der Waals surface area contributed by atoms with Gasteiger partial charge >= 0.3 is 0 Å². The molecule has 1 N–H and O–H groups in total. The predicted octanol–water partition coefficient (Wildman–Crippen LogP) is 3.77. The summed E-state index contributed by atoms with van der Waals surface area (Å²) < 4.78 is 13.3. The molecular formula is C27H32ClFN4O3. The molecule has 2 aromatic rings. The van der Waals surface area contributed by atoms with Crippen LogP contribution in [0.4, 0.5) is 10.1 Å². The van der Waals surface area contributed by atoms with Gasteiger partial charge in [-0.15, -0.1) is 0 Å². The van der Waals surface area contributed by atoms with Crippen molar-refractivity contribution in [2.24, 2.45) is 0 Å². The fourth-order valence-corrected chi connectivity index (χ4v) is 5.38. The molecule has 2 aliphatic rings. The van der Waals surface area contributed by atoms with E-state index in [1.807, 2.05) is 18.7 Å². The van der Waals surface area contributed by atoms with Crippen LogP contribution in [0.15, 0.2) is 36.4 Å². The van der Waals surface area contributed by atoms with Gasteiger partial charge in [-0.05, 0) is 56.2 Å². The number of halogens is 2. The Morgan fingerprint density at radius 3 is 2.36 bits per heavy atom.